The van der Waals surface area contributed by atoms with Crippen LogP contribution < -0.4 is 0 Å². The van der Waals surface area contributed by atoms with Crippen molar-refractivity contribution >= 4 is 0 Å². The SMILES string of the molecule is CCCCc1ccc(C2(CO)CC(F)C2)cc1. The standard InChI is InChI=1S/C15H21FO/c1-2-3-4-12-5-7-13(8-6-12)15(11-17)9-14(16)10-15/h5-8,14,17H,2-4,9-11H2,1H3. The van der Waals surface area contributed by atoms with Gasteiger partial charge in [0.25, 0.3) is 0 Å². The zero-order valence-electron chi connectivity index (χ0n) is 10.5. The summed E-state index contributed by atoms with van der Waals surface area (Å²) in [5.74, 6) is 0. The fourth-order valence-corrected chi connectivity index (χ4v) is 2.65. The van der Waals surface area contributed by atoms with E-state index in [1.54, 1.807) is 0 Å². The van der Waals surface area contributed by atoms with Gasteiger partial charge in [0.2, 0.25) is 0 Å². The first kappa shape index (κ1) is 12.6. The smallest absolute Gasteiger partial charge is 0.102 e. The Morgan fingerprint density at radius 3 is 2.41 bits per heavy atom. The average Bonchev–Trinajstić information content (AvgIpc) is 2.33. The van der Waals surface area contributed by atoms with Crippen molar-refractivity contribution in [2.45, 2.75) is 50.6 Å². The van der Waals surface area contributed by atoms with Gasteiger partial charge in [0.1, 0.15) is 6.17 Å². The minimum Gasteiger partial charge on any atom is -0.395 e. The van der Waals surface area contributed by atoms with E-state index >= 15 is 0 Å². The maximum atomic E-state index is 13.0. The predicted molar refractivity (Wildman–Crippen MR) is 67.9 cm³/mol. The molecule has 2 heteroatoms. The Morgan fingerprint density at radius 1 is 1.29 bits per heavy atom. The van der Waals surface area contributed by atoms with Gasteiger partial charge in [-0.2, -0.15) is 0 Å². The number of hydrogen-bond acceptors (Lipinski definition) is 1. The summed E-state index contributed by atoms with van der Waals surface area (Å²) >= 11 is 0. The Labute approximate surface area is 103 Å². The molecule has 1 N–H and O–H groups in total. The first-order valence-electron chi connectivity index (χ1n) is 6.54. The number of aliphatic hydroxyl groups excluding tert-OH is 1. The van der Waals surface area contributed by atoms with Crippen LogP contribution in [0.1, 0.15) is 43.7 Å². The second kappa shape index (κ2) is 5.18. The van der Waals surface area contributed by atoms with Gasteiger partial charge in [-0.05, 0) is 36.8 Å². The lowest BCUT2D eigenvalue weighted by Gasteiger charge is -2.43. The van der Waals surface area contributed by atoms with E-state index in [2.05, 4.69) is 31.2 Å². The fraction of sp³-hybridized carbons (Fsp3) is 0.600. The van der Waals surface area contributed by atoms with Crippen molar-refractivity contribution in [3.8, 4) is 0 Å². The molecule has 0 heterocycles. The summed E-state index contributed by atoms with van der Waals surface area (Å²) in [6.07, 6.45) is 3.72. The molecule has 1 nitrogen and oxygen atoms in total. The van der Waals surface area contributed by atoms with Crippen LogP contribution in [-0.2, 0) is 11.8 Å². The van der Waals surface area contributed by atoms with Gasteiger partial charge in [0.15, 0.2) is 0 Å². The monoisotopic (exact) mass is 236 g/mol. The first-order chi connectivity index (χ1) is 8.20. The zero-order valence-corrected chi connectivity index (χ0v) is 10.5. The lowest BCUT2D eigenvalue weighted by atomic mass is 9.64. The molecule has 1 aromatic carbocycles. The third-order valence-corrected chi connectivity index (χ3v) is 3.91. The highest BCUT2D eigenvalue weighted by Gasteiger charge is 2.45. The lowest BCUT2D eigenvalue weighted by molar-refractivity contribution is 0.0410. The molecule has 1 aliphatic carbocycles. The molecular weight excluding hydrogens is 215 g/mol. The third kappa shape index (κ3) is 2.52. The Balaban J connectivity index is 2.07. The Morgan fingerprint density at radius 2 is 1.94 bits per heavy atom. The summed E-state index contributed by atoms with van der Waals surface area (Å²) in [6, 6.07) is 8.36. The van der Waals surface area contributed by atoms with Gasteiger partial charge < -0.3 is 5.11 Å². The average molecular weight is 236 g/mol. The summed E-state index contributed by atoms with van der Waals surface area (Å²) in [5, 5.41) is 9.45. The van der Waals surface area contributed by atoms with Crippen LogP contribution >= 0.6 is 0 Å². The van der Waals surface area contributed by atoms with Gasteiger partial charge in [0.05, 0.1) is 6.61 Å². The van der Waals surface area contributed by atoms with E-state index in [-0.39, 0.29) is 12.0 Å². The van der Waals surface area contributed by atoms with Gasteiger partial charge in [-0.25, -0.2) is 4.39 Å². The molecule has 0 aliphatic heterocycles. The Bertz CT molecular complexity index is 352. The van der Waals surface area contributed by atoms with E-state index in [9.17, 15) is 9.50 Å². The fourth-order valence-electron chi connectivity index (χ4n) is 2.65. The Hall–Kier alpha value is -0.890. The molecule has 2 rings (SSSR count). The highest BCUT2D eigenvalue weighted by Crippen LogP contribution is 2.45. The molecule has 0 atom stereocenters. The van der Waals surface area contributed by atoms with Crippen LogP contribution in [0.15, 0.2) is 24.3 Å². The summed E-state index contributed by atoms with van der Waals surface area (Å²) in [7, 11) is 0. The number of rotatable bonds is 5. The van der Waals surface area contributed by atoms with Crippen LogP contribution in [0.2, 0.25) is 0 Å². The highest BCUT2D eigenvalue weighted by atomic mass is 19.1. The molecule has 94 valence electrons. The molecule has 1 aromatic rings. The molecule has 0 radical (unpaired) electrons. The Kier molecular flexibility index (Phi) is 3.82. The second-order valence-corrected chi connectivity index (χ2v) is 5.24. The van der Waals surface area contributed by atoms with Crippen molar-refractivity contribution in [2.24, 2.45) is 0 Å². The van der Waals surface area contributed by atoms with E-state index < -0.39 is 6.17 Å². The normalized spacial score (nSPS) is 27.8. The number of unbranched alkanes of at least 4 members (excludes halogenated alkanes) is 1. The summed E-state index contributed by atoms with van der Waals surface area (Å²) < 4.78 is 13.0. The van der Waals surface area contributed by atoms with E-state index in [1.165, 1.54) is 18.4 Å². The van der Waals surface area contributed by atoms with Crippen LogP contribution in [0, 0.1) is 0 Å². The second-order valence-electron chi connectivity index (χ2n) is 5.24. The largest absolute Gasteiger partial charge is 0.395 e. The van der Waals surface area contributed by atoms with Gasteiger partial charge in [0, 0.05) is 5.41 Å². The lowest BCUT2D eigenvalue weighted by Crippen LogP contribution is -2.45. The molecular formula is C15H21FO. The molecule has 1 saturated carbocycles. The number of alkyl halides is 1. The topological polar surface area (TPSA) is 20.2 Å². The van der Waals surface area contributed by atoms with E-state index in [4.69, 9.17) is 0 Å². The first-order valence-corrected chi connectivity index (χ1v) is 6.54. The molecule has 1 aliphatic rings. The summed E-state index contributed by atoms with van der Waals surface area (Å²) in [5.41, 5.74) is 2.12. The molecule has 17 heavy (non-hydrogen) atoms. The van der Waals surface area contributed by atoms with Crippen LogP contribution in [0.4, 0.5) is 4.39 Å². The van der Waals surface area contributed by atoms with Crippen molar-refractivity contribution in [3.63, 3.8) is 0 Å². The predicted octanol–water partition coefficient (Wildman–Crippen LogP) is 3.39. The number of aryl methyl sites for hydroxylation is 1. The van der Waals surface area contributed by atoms with Crippen molar-refractivity contribution in [1.29, 1.82) is 0 Å². The van der Waals surface area contributed by atoms with E-state index in [1.807, 2.05) is 0 Å². The molecule has 1 fully saturated rings. The maximum Gasteiger partial charge on any atom is 0.102 e. The minimum atomic E-state index is -0.734. The zero-order chi connectivity index (χ0) is 12.3. The van der Waals surface area contributed by atoms with Crippen molar-refractivity contribution in [2.75, 3.05) is 6.61 Å². The van der Waals surface area contributed by atoms with Crippen LogP contribution in [0.25, 0.3) is 0 Å². The molecule has 0 unspecified atom stereocenters. The van der Waals surface area contributed by atoms with Crippen LogP contribution in [0.3, 0.4) is 0 Å². The summed E-state index contributed by atoms with van der Waals surface area (Å²) in [4.78, 5) is 0. The maximum absolute atomic E-state index is 13.0. The third-order valence-electron chi connectivity index (χ3n) is 3.91. The molecule has 0 amide bonds. The molecule has 0 aromatic heterocycles. The van der Waals surface area contributed by atoms with Crippen LogP contribution in [0.5, 0.6) is 0 Å². The summed E-state index contributed by atoms with van der Waals surface area (Å²) in [6.45, 7) is 2.24. The van der Waals surface area contributed by atoms with Crippen molar-refractivity contribution in [1.82, 2.24) is 0 Å². The van der Waals surface area contributed by atoms with Crippen molar-refractivity contribution in [3.05, 3.63) is 35.4 Å². The van der Waals surface area contributed by atoms with Gasteiger partial charge in [-0.15, -0.1) is 0 Å². The van der Waals surface area contributed by atoms with Crippen LogP contribution in [-0.4, -0.2) is 17.9 Å². The van der Waals surface area contributed by atoms with E-state index in [0.29, 0.717) is 12.8 Å². The van der Waals surface area contributed by atoms with Gasteiger partial charge >= 0.3 is 0 Å². The molecule has 0 bridgehead atoms. The number of hydrogen-bond donors (Lipinski definition) is 1. The molecule has 0 saturated heterocycles. The van der Waals surface area contributed by atoms with Gasteiger partial charge in [-0.3, -0.25) is 0 Å². The van der Waals surface area contributed by atoms with Gasteiger partial charge in [-0.1, -0.05) is 37.6 Å². The highest BCUT2D eigenvalue weighted by molar-refractivity contribution is 5.32. The number of halogens is 1. The number of aliphatic hydroxyl groups is 1. The number of benzene rings is 1. The quantitative estimate of drug-likeness (QED) is 0.830. The minimum absolute atomic E-state index is 0.0573. The van der Waals surface area contributed by atoms with E-state index in [0.717, 1.165) is 12.0 Å². The van der Waals surface area contributed by atoms with Crippen molar-refractivity contribution < 1.29 is 9.50 Å². The molecule has 0 spiro atoms.